The third kappa shape index (κ3) is 6.82. The molecule has 292 valence electrons. The molecule has 0 amide bonds. The first-order valence-electron chi connectivity index (χ1n) is 18.2. The van der Waals surface area contributed by atoms with E-state index in [9.17, 15) is 14.9 Å². The van der Waals surface area contributed by atoms with E-state index in [-0.39, 0.29) is 11.4 Å². The second-order valence-corrected chi connectivity index (χ2v) is 13.4. The monoisotopic (exact) mass is 794 g/mol. The minimum Gasteiger partial charge on any atom is -0.497 e. The van der Waals surface area contributed by atoms with E-state index >= 15 is 0 Å². The van der Waals surface area contributed by atoms with Crippen molar-refractivity contribution in [1.82, 2.24) is 58.1 Å². The Morgan fingerprint density at radius 1 is 0.583 bits per heavy atom. The number of aromatic nitrogens is 12. The smallest absolute Gasteiger partial charge is 0.328 e. The fourth-order valence-corrected chi connectivity index (χ4v) is 6.70. The Bertz CT molecular complexity index is 3430. The average molecular weight is 795 g/mol. The van der Waals surface area contributed by atoms with E-state index in [2.05, 4.69) is 52.0 Å². The van der Waals surface area contributed by atoms with Gasteiger partial charge in [0.2, 0.25) is 11.9 Å². The minimum absolute atomic E-state index is 0.263. The molecule has 0 atom stereocenters. The molecule has 6 heterocycles. The van der Waals surface area contributed by atoms with Gasteiger partial charge in [0.1, 0.15) is 35.2 Å². The van der Waals surface area contributed by atoms with Crippen LogP contribution in [0.1, 0.15) is 22.3 Å². The van der Waals surface area contributed by atoms with Crippen LogP contribution >= 0.6 is 0 Å². The van der Waals surface area contributed by atoms with E-state index in [0.717, 1.165) is 33.7 Å². The fourth-order valence-electron chi connectivity index (χ4n) is 6.70. The summed E-state index contributed by atoms with van der Waals surface area (Å²) in [5, 5.41) is 18.3. The molecule has 10 aromatic rings. The number of nitrogens with one attached hydrogen (secondary N) is 2. The van der Waals surface area contributed by atoms with Crippen LogP contribution in [0, 0.1) is 22.7 Å². The van der Waals surface area contributed by atoms with Crippen LogP contribution in [0.25, 0.3) is 56.3 Å². The lowest BCUT2D eigenvalue weighted by molar-refractivity contribution is 0.414. The molecule has 0 aliphatic heterocycles. The normalized spacial score (nSPS) is 11.1. The molecular weight excluding hydrogens is 765 g/mol. The second-order valence-electron chi connectivity index (χ2n) is 13.4. The van der Waals surface area contributed by atoms with Gasteiger partial charge in [-0.05, 0) is 71.8 Å². The highest BCUT2D eigenvalue weighted by molar-refractivity contribution is 5.80. The lowest BCUT2D eigenvalue weighted by Crippen LogP contribution is -2.18. The van der Waals surface area contributed by atoms with Crippen molar-refractivity contribution in [2.75, 3.05) is 14.2 Å². The largest absolute Gasteiger partial charge is 0.497 e. The zero-order valence-electron chi connectivity index (χ0n) is 31.8. The number of hydrogen-bond acceptors (Lipinski definition) is 12. The Balaban J connectivity index is 0.000000154. The van der Waals surface area contributed by atoms with Gasteiger partial charge in [-0.15, -0.1) is 0 Å². The van der Waals surface area contributed by atoms with E-state index in [1.54, 1.807) is 93.9 Å². The summed E-state index contributed by atoms with van der Waals surface area (Å²) in [4.78, 5) is 57.3. The van der Waals surface area contributed by atoms with Crippen LogP contribution in [0.4, 0.5) is 0 Å². The molecule has 0 saturated carbocycles. The van der Waals surface area contributed by atoms with Gasteiger partial charge >= 0.3 is 11.4 Å². The number of aromatic amines is 2. The van der Waals surface area contributed by atoms with Crippen LogP contribution in [0.5, 0.6) is 11.5 Å². The molecule has 0 bridgehead atoms. The molecule has 4 aromatic carbocycles. The van der Waals surface area contributed by atoms with Crippen LogP contribution in [-0.2, 0) is 13.1 Å². The quantitative estimate of drug-likeness (QED) is 0.212. The van der Waals surface area contributed by atoms with Crippen LogP contribution in [0.15, 0.2) is 120 Å². The van der Waals surface area contributed by atoms with Gasteiger partial charge in [0.15, 0.2) is 11.3 Å². The highest BCUT2D eigenvalue weighted by atomic mass is 16.5. The molecule has 10 rings (SSSR count). The zero-order valence-corrected chi connectivity index (χ0v) is 31.8. The van der Waals surface area contributed by atoms with Gasteiger partial charge < -0.3 is 19.4 Å². The van der Waals surface area contributed by atoms with Gasteiger partial charge in [0.05, 0.1) is 85.0 Å². The molecule has 0 aliphatic rings. The highest BCUT2D eigenvalue weighted by Gasteiger charge is 2.16. The predicted molar refractivity (Wildman–Crippen MR) is 219 cm³/mol. The number of benzene rings is 4. The minimum atomic E-state index is -0.269. The van der Waals surface area contributed by atoms with Gasteiger partial charge in [0.25, 0.3) is 0 Å². The van der Waals surface area contributed by atoms with Crippen LogP contribution in [-0.4, -0.2) is 72.4 Å². The van der Waals surface area contributed by atoms with E-state index in [4.69, 9.17) is 14.7 Å². The Kier molecular flexibility index (Phi) is 9.31. The third-order valence-corrected chi connectivity index (χ3v) is 9.78. The Morgan fingerprint density at radius 3 is 1.58 bits per heavy atom. The summed E-state index contributed by atoms with van der Waals surface area (Å²) in [6.45, 7) is 0.706. The number of nitriles is 2. The number of fused-ring (bicyclic) bond motifs is 4. The van der Waals surface area contributed by atoms with Gasteiger partial charge in [-0.25, -0.2) is 29.5 Å². The van der Waals surface area contributed by atoms with Crippen molar-refractivity contribution in [2.45, 2.75) is 13.1 Å². The molecule has 0 spiro atoms. The molecule has 6 aromatic heterocycles. The van der Waals surface area contributed by atoms with Crippen LogP contribution in [0.2, 0.25) is 0 Å². The molecule has 2 N–H and O–H groups in total. The standard InChI is InChI=1S/2C21H15N7O2/c1-30-15-5-2-13(3-6-15)11-27-19-17(25-21(27)29)10-23-20(26-19)28-12-24-16-8-14(9-22)4-7-18(16)28;1-30-15-5-2-13(3-6-15)11-27-19-17(25-21(27)29)10-23-20(26-19)28-12-24-16-7-4-14(9-22)8-18(16)28/h2*2-8,10,12H,11H2,1H3,(H,25,29). The number of H-pyrrole nitrogens is 2. The lowest BCUT2D eigenvalue weighted by atomic mass is 10.2. The topological polar surface area (TPSA) is 229 Å². The number of methoxy groups -OCH3 is 2. The summed E-state index contributed by atoms with van der Waals surface area (Å²) in [6.07, 6.45) is 6.36. The summed E-state index contributed by atoms with van der Waals surface area (Å²) in [6, 6.07) is 29.7. The number of ether oxygens (including phenoxy) is 2. The maximum absolute atomic E-state index is 12.5. The second kappa shape index (κ2) is 15.2. The van der Waals surface area contributed by atoms with Crippen LogP contribution in [0.3, 0.4) is 0 Å². The van der Waals surface area contributed by atoms with Gasteiger partial charge in [-0.1, -0.05) is 24.3 Å². The first kappa shape index (κ1) is 36.7. The maximum Gasteiger partial charge on any atom is 0.328 e. The Hall–Kier alpha value is -8.90. The van der Waals surface area contributed by atoms with Crippen molar-refractivity contribution in [3.63, 3.8) is 0 Å². The molecule has 18 nitrogen and oxygen atoms in total. The Morgan fingerprint density at radius 2 is 1.07 bits per heavy atom. The molecule has 0 fully saturated rings. The van der Waals surface area contributed by atoms with Crippen molar-refractivity contribution in [3.05, 3.63) is 153 Å². The van der Waals surface area contributed by atoms with Crippen LogP contribution < -0.4 is 20.9 Å². The number of nitrogens with zero attached hydrogens (tertiary/aromatic N) is 12. The molecule has 18 heteroatoms. The van der Waals surface area contributed by atoms with Crippen molar-refractivity contribution < 1.29 is 9.47 Å². The molecule has 0 unspecified atom stereocenters. The van der Waals surface area contributed by atoms with Gasteiger partial charge in [-0.3, -0.25) is 18.3 Å². The Labute approximate surface area is 337 Å². The van der Waals surface area contributed by atoms with E-state index < -0.39 is 0 Å². The average Bonchev–Trinajstić information content (AvgIpc) is 4.06. The van der Waals surface area contributed by atoms with Crippen molar-refractivity contribution in [2.24, 2.45) is 0 Å². The first-order chi connectivity index (χ1) is 29.3. The maximum atomic E-state index is 12.5. The van der Waals surface area contributed by atoms with Crippen molar-refractivity contribution in [3.8, 4) is 35.5 Å². The summed E-state index contributed by atoms with van der Waals surface area (Å²) in [5.41, 5.74) is 7.35. The molecule has 0 saturated heterocycles. The molecular formula is C42H30N14O4. The fraction of sp³-hybridized carbons (Fsp3) is 0.0952. The summed E-state index contributed by atoms with van der Waals surface area (Å²) in [7, 11) is 3.22. The zero-order chi connectivity index (χ0) is 41.3. The van der Waals surface area contributed by atoms with E-state index in [1.807, 2.05) is 48.5 Å². The van der Waals surface area contributed by atoms with Gasteiger partial charge in [-0.2, -0.15) is 20.5 Å². The lowest BCUT2D eigenvalue weighted by Gasteiger charge is -2.06. The SMILES string of the molecule is COc1ccc(Cn2c(=O)[nH]c3cnc(-n4cnc5cc(C#N)ccc54)nc32)cc1.COc1ccc(Cn2c(=O)[nH]c3cnc(-n4cnc5ccc(C#N)cc54)nc32)cc1. The molecule has 60 heavy (non-hydrogen) atoms. The van der Waals surface area contributed by atoms with Gasteiger partial charge in [0, 0.05) is 0 Å². The number of imidazole rings is 4. The predicted octanol–water partition coefficient (Wildman–Crippen LogP) is 4.77. The third-order valence-electron chi connectivity index (χ3n) is 9.78. The number of rotatable bonds is 8. The van der Waals surface area contributed by atoms with Crippen molar-refractivity contribution in [1.29, 1.82) is 10.5 Å². The molecule has 0 aliphatic carbocycles. The summed E-state index contributed by atoms with van der Waals surface area (Å²) in [5.74, 6) is 2.25. The summed E-state index contributed by atoms with van der Waals surface area (Å²) >= 11 is 0. The molecule has 0 radical (unpaired) electrons. The highest BCUT2D eigenvalue weighted by Crippen LogP contribution is 2.21. The summed E-state index contributed by atoms with van der Waals surface area (Å²) < 4.78 is 16.9. The van der Waals surface area contributed by atoms with E-state index in [1.165, 1.54) is 0 Å². The first-order valence-corrected chi connectivity index (χ1v) is 18.2. The number of hydrogen-bond donors (Lipinski definition) is 2. The van der Waals surface area contributed by atoms with Crippen molar-refractivity contribution >= 4 is 44.4 Å². The van der Waals surface area contributed by atoms with E-state index in [0.29, 0.717) is 69.5 Å².